The topological polar surface area (TPSA) is 94.1 Å². The molecule has 1 aromatic carbocycles. The largest absolute Gasteiger partial charge is 0.494 e. The van der Waals surface area contributed by atoms with E-state index in [0.29, 0.717) is 12.4 Å². The molecule has 0 aromatic heterocycles. The van der Waals surface area contributed by atoms with Crippen molar-refractivity contribution in [1.82, 2.24) is 5.32 Å². The number of carbonyl (C=O) groups is 2. The Bertz CT molecular complexity index is 473. The molecule has 1 rings (SSSR count). The number of aliphatic carboxylic acids is 1. The second kappa shape index (κ2) is 9.62. The molecule has 0 fully saturated rings. The molecule has 0 aliphatic heterocycles. The smallest absolute Gasteiger partial charge is 0.332 e. The zero-order valence-corrected chi connectivity index (χ0v) is 12.7. The third-order valence-corrected chi connectivity index (χ3v) is 2.64. The van der Waals surface area contributed by atoms with Crippen molar-refractivity contribution in [3.05, 3.63) is 24.3 Å². The van der Waals surface area contributed by atoms with E-state index in [1.807, 2.05) is 6.92 Å². The van der Waals surface area contributed by atoms with Crippen LogP contribution in [0.4, 0.5) is 0 Å². The van der Waals surface area contributed by atoms with E-state index >= 15 is 0 Å². The molecule has 0 spiro atoms. The van der Waals surface area contributed by atoms with E-state index in [1.54, 1.807) is 24.3 Å². The molecule has 0 aliphatic carbocycles. The number of nitrogens with one attached hydrogen (secondary N) is 1. The number of rotatable bonds is 10. The number of hydrogen-bond donors (Lipinski definition) is 2. The Balaban J connectivity index is 2.18. The Morgan fingerprint density at radius 2 is 1.77 bits per heavy atom. The lowest BCUT2D eigenvalue weighted by atomic mass is 10.3. The van der Waals surface area contributed by atoms with E-state index in [0.717, 1.165) is 5.75 Å². The number of carbonyl (C=O) groups excluding carboxylic acids is 1. The molecule has 2 N–H and O–H groups in total. The van der Waals surface area contributed by atoms with Crippen molar-refractivity contribution in [2.45, 2.75) is 20.0 Å². The van der Waals surface area contributed by atoms with Gasteiger partial charge in [-0.1, -0.05) is 0 Å². The number of amides is 1. The summed E-state index contributed by atoms with van der Waals surface area (Å²) in [5, 5.41) is 11.2. The van der Waals surface area contributed by atoms with E-state index in [-0.39, 0.29) is 25.7 Å². The van der Waals surface area contributed by atoms with Crippen molar-refractivity contribution >= 4 is 11.9 Å². The average Bonchev–Trinajstić information content (AvgIpc) is 2.50. The molecule has 0 bridgehead atoms. The standard InChI is InChI=1S/C15H21NO6/c1-3-20-12-4-6-13(7-5-12)22-10-14(17)16-8-9-21-11(2)15(18)19/h4-7,11H,3,8-10H2,1-2H3,(H,16,17)(H,18,19). The van der Waals surface area contributed by atoms with Gasteiger partial charge in [0.15, 0.2) is 12.7 Å². The second-order valence-electron chi connectivity index (χ2n) is 4.39. The van der Waals surface area contributed by atoms with Crippen LogP contribution in [-0.4, -0.2) is 49.5 Å². The fourth-order valence-corrected chi connectivity index (χ4v) is 1.50. The second-order valence-corrected chi connectivity index (χ2v) is 4.39. The summed E-state index contributed by atoms with van der Waals surface area (Å²) in [6.07, 6.45) is -0.892. The van der Waals surface area contributed by atoms with Crippen LogP contribution in [0.2, 0.25) is 0 Å². The van der Waals surface area contributed by atoms with Gasteiger partial charge >= 0.3 is 5.97 Å². The van der Waals surface area contributed by atoms with Gasteiger partial charge in [0.2, 0.25) is 0 Å². The molecule has 7 nitrogen and oxygen atoms in total. The lowest BCUT2D eigenvalue weighted by molar-refractivity contribution is -0.149. The van der Waals surface area contributed by atoms with Crippen LogP contribution in [0, 0.1) is 0 Å². The van der Waals surface area contributed by atoms with Crippen molar-refractivity contribution in [2.24, 2.45) is 0 Å². The fraction of sp³-hybridized carbons (Fsp3) is 0.467. The van der Waals surface area contributed by atoms with Gasteiger partial charge in [0.1, 0.15) is 11.5 Å². The zero-order chi connectivity index (χ0) is 16.4. The maximum absolute atomic E-state index is 11.5. The zero-order valence-electron chi connectivity index (χ0n) is 12.7. The van der Waals surface area contributed by atoms with Gasteiger partial charge in [0, 0.05) is 6.54 Å². The van der Waals surface area contributed by atoms with Crippen LogP contribution >= 0.6 is 0 Å². The molecule has 1 unspecified atom stereocenters. The summed E-state index contributed by atoms with van der Waals surface area (Å²) in [5.74, 6) is -0.0380. The predicted octanol–water partition coefficient (Wildman–Crippen LogP) is 1.07. The minimum absolute atomic E-state index is 0.123. The maximum Gasteiger partial charge on any atom is 0.332 e. The number of carboxylic acids is 1. The first-order valence-electron chi connectivity index (χ1n) is 6.99. The summed E-state index contributed by atoms with van der Waals surface area (Å²) in [6, 6.07) is 6.96. The molecule has 1 amide bonds. The molecule has 0 radical (unpaired) electrons. The van der Waals surface area contributed by atoms with Gasteiger partial charge in [-0.3, -0.25) is 4.79 Å². The molecule has 7 heteroatoms. The highest BCUT2D eigenvalue weighted by molar-refractivity contribution is 5.77. The van der Waals surface area contributed by atoms with Crippen LogP contribution in [-0.2, 0) is 14.3 Å². The van der Waals surface area contributed by atoms with Gasteiger partial charge in [-0.25, -0.2) is 4.79 Å². The highest BCUT2D eigenvalue weighted by atomic mass is 16.5. The van der Waals surface area contributed by atoms with Crippen molar-refractivity contribution in [3.63, 3.8) is 0 Å². The van der Waals surface area contributed by atoms with Crippen molar-refractivity contribution in [2.75, 3.05) is 26.4 Å². The molecule has 0 aliphatic rings. The summed E-state index contributed by atoms with van der Waals surface area (Å²) in [5.41, 5.74) is 0. The van der Waals surface area contributed by atoms with Crippen LogP contribution in [0.5, 0.6) is 11.5 Å². The lowest BCUT2D eigenvalue weighted by Crippen LogP contribution is -2.33. The summed E-state index contributed by atoms with van der Waals surface area (Å²) in [4.78, 5) is 22.0. The van der Waals surface area contributed by atoms with Gasteiger partial charge in [-0.05, 0) is 38.1 Å². The van der Waals surface area contributed by atoms with Gasteiger partial charge < -0.3 is 24.6 Å². The van der Waals surface area contributed by atoms with Crippen molar-refractivity contribution in [3.8, 4) is 11.5 Å². The summed E-state index contributed by atoms with van der Waals surface area (Å²) < 4.78 is 15.6. The number of hydrogen-bond acceptors (Lipinski definition) is 5. The quantitative estimate of drug-likeness (QED) is 0.628. The third kappa shape index (κ3) is 6.94. The minimum atomic E-state index is -1.04. The minimum Gasteiger partial charge on any atom is -0.494 e. The first-order chi connectivity index (χ1) is 10.5. The van der Waals surface area contributed by atoms with Crippen LogP contribution in [0.25, 0.3) is 0 Å². The van der Waals surface area contributed by atoms with Crippen LogP contribution in [0.15, 0.2) is 24.3 Å². The van der Waals surface area contributed by atoms with Gasteiger partial charge in [-0.15, -0.1) is 0 Å². The normalized spacial score (nSPS) is 11.5. The summed E-state index contributed by atoms with van der Waals surface area (Å²) >= 11 is 0. The highest BCUT2D eigenvalue weighted by Crippen LogP contribution is 2.17. The van der Waals surface area contributed by atoms with Gasteiger partial charge in [-0.2, -0.15) is 0 Å². The van der Waals surface area contributed by atoms with E-state index in [9.17, 15) is 9.59 Å². The summed E-state index contributed by atoms with van der Waals surface area (Å²) in [7, 11) is 0. The van der Waals surface area contributed by atoms with Gasteiger partial charge in [0.05, 0.1) is 13.2 Å². The Morgan fingerprint density at radius 1 is 1.18 bits per heavy atom. The number of ether oxygens (including phenoxy) is 3. The molecular weight excluding hydrogens is 290 g/mol. The SMILES string of the molecule is CCOc1ccc(OCC(=O)NCCOC(C)C(=O)O)cc1. The third-order valence-electron chi connectivity index (χ3n) is 2.64. The molecule has 0 saturated heterocycles. The van der Waals surface area contributed by atoms with E-state index < -0.39 is 12.1 Å². The molecule has 122 valence electrons. The lowest BCUT2D eigenvalue weighted by Gasteiger charge is -2.10. The maximum atomic E-state index is 11.5. The monoisotopic (exact) mass is 311 g/mol. The summed E-state index contributed by atoms with van der Waals surface area (Å²) in [6.45, 7) is 4.15. The molecule has 1 atom stereocenters. The first-order valence-corrected chi connectivity index (χ1v) is 6.99. The average molecular weight is 311 g/mol. The highest BCUT2D eigenvalue weighted by Gasteiger charge is 2.10. The number of benzene rings is 1. The Morgan fingerprint density at radius 3 is 2.32 bits per heavy atom. The first kappa shape index (κ1) is 17.8. The van der Waals surface area contributed by atoms with E-state index in [2.05, 4.69) is 5.32 Å². The molecule has 0 heterocycles. The van der Waals surface area contributed by atoms with E-state index in [4.69, 9.17) is 19.3 Å². The molecule has 22 heavy (non-hydrogen) atoms. The Labute approximate surface area is 129 Å². The van der Waals surface area contributed by atoms with Crippen LogP contribution in [0.3, 0.4) is 0 Å². The van der Waals surface area contributed by atoms with E-state index in [1.165, 1.54) is 6.92 Å². The van der Waals surface area contributed by atoms with Crippen molar-refractivity contribution in [1.29, 1.82) is 0 Å². The van der Waals surface area contributed by atoms with Gasteiger partial charge in [0.25, 0.3) is 5.91 Å². The van der Waals surface area contributed by atoms with Crippen LogP contribution < -0.4 is 14.8 Å². The fourth-order valence-electron chi connectivity index (χ4n) is 1.50. The number of carboxylic acid groups (broad SMARTS) is 1. The Hall–Kier alpha value is -2.28. The Kier molecular flexibility index (Phi) is 7.77. The van der Waals surface area contributed by atoms with Crippen molar-refractivity contribution < 1.29 is 28.9 Å². The molecular formula is C15H21NO6. The molecule has 1 aromatic rings. The predicted molar refractivity (Wildman–Crippen MR) is 79.2 cm³/mol. The van der Waals surface area contributed by atoms with Crippen LogP contribution in [0.1, 0.15) is 13.8 Å². The molecule has 0 saturated carbocycles.